The van der Waals surface area contributed by atoms with E-state index in [4.69, 9.17) is 5.26 Å². The van der Waals surface area contributed by atoms with E-state index < -0.39 is 30.7 Å². The number of benzene rings is 1. The number of alkyl halides is 3. The first kappa shape index (κ1) is 16.0. The lowest BCUT2D eigenvalue weighted by Gasteiger charge is -2.32. The second kappa shape index (κ2) is 5.42. The number of hydrogen-bond acceptors (Lipinski definition) is 4. The van der Waals surface area contributed by atoms with Gasteiger partial charge in [-0.2, -0.15) is 28.5 Å². The highest BCUT2D eigenvalue weighted by molar-refractivity contribution is 6.03. The first-order valence-electron chi connectivity index (χ1n) is 6.32. The van der Waals surface area contributed by atoms with E-state index >= 15 is 0 Å². The summed E-state index contributed by atoms with van der Waals surface area (Å²) in [6.45, 7) is 1.81. The number of hydrogen-bond donors (Lipinski definition) is 1. The van der Waals surface area contributed by atoms with Crippen LogP contribution in [0, 0.1) is 18.3 Å². The lowest BCUT2D eigenvalue weighted by atomic mass is 10.00. The van der Waals surface area contributed by atoms with Crippen molar-refractivity contribution in [1.29, 1.82) is 5.26 Å². The molecule has 22 heavy (non-hydrogen) atoms. The minimum absolute atomic E-state index is 0.0363. The van der Waals surface area contributed by atoms with Gasteiger partial charge in [-0.3, -0.25) is 4.79 Å². The minimum atomic E-state index is -5.09. The molecule has 0 unspecified atom stereocenters. The number of aliphatic hydroxyl groups is 1. The van der Waals surface area contributed by atoms with Gasteiger partial charge in [0, 0.05) is 0 Å². The zero-order chi connectivity index (χ0) is 16.5. The smallest absolute Gasteiger partial charge is 0.362 e. The van der Waals surface area contributed by atoms with Crippen molar-refractivity contribution in [2.24, 2.45) is 5.10 Å². The summed E-state index contributed by atoms with van der Waals surface area (Å²) in [5, 5.41) is 22.0. The Balaban J connectivity index is 2.43. The van der Waals surface area contributed by atoms with Crippen LogP contribution in [0.15, 0.2) is 29.4 Å². The maximum Gasteiger partial charge on any atom is 0.438 e. The third kappa shape index (κ3) is 2.67. The number of hydrazone groups is 1. The summed E-state index contributed by atoms with van der Waals surface area (Å²) in [6, 6.07) is 7.94. The molecule has 5 nitrogen and oxygen atoms in total. The summed E-state index contributed by atoms with van der Waals surface area (Å²) in [5.41, 5.74) is -2.21. The maximum atomic E-state index is 13.1. The molecule has 1 aromatic carbocycles. The summed E-state index contributed by atoms with van der Waals surface area (Å²) in [7, 11) is 0. The predicted octanol–water partition coefficient (Wildman–Crippen LogP) is 2.10. The van der Waals surface area contributed by atoms with E-state index in [-0.39, 0.29) is 10.7 Å². The predicted molar refractivity (Wildman–Crippen MR) is 70.4 cm³/mol. The summed E-state index contributed by atoms with van der Waals surface area (Å²) in [6.07, 6.45) is -6.77. The van der Waals surface area contributed by atoms with Crippen molar-refractivity contribution >= 4 is 11.6 Å². The van der Waals surface area contributed by atoms with Crippen LogP contribution in [0.5, 0.6) is 0 Å². The molecule has 1 heterocycles. The zero-order valence-electron chi connectivity index (χ0n) is 11.6. The summed E-state index contributed by atoms with van der Waals surface area (Å²) in [5.74, 6) is -1.20. The second-order valence-electron chi connectivity index (χ2n) is 4.94. The van der Waals surface area contributed by atoms with Crippen LogP contribution in [-0.4, -0.2) is 33.6 Å². The molecule has 0 fully saturated rings. The van der Waals surface area contributed by atoms with E-state index in [2.05, 4.69) is 5.10 Å². The SMILES string of the molecule is Cc1ccc(C2=NN(C(=O)CC#N)[C@](O)(C(F)(F)F)C2)cc1. The van der Waals surface area contributed by atoms with Crippen LogP contribution in [0.25, 0.3) is 0 Å². The molecule has 1 aliphatic heterocycles. The quantitative estimate of drug-likeness (QED) is 0.908. The fraction of sp³-hybridized carbons (Fsp3) is 0.357. The number of halogens is 3. The maximum absolute atomic E-state index is 13.1. The Morgan fingerprint density at radius 1 is 1.45 bits per heavy atom. The van der Waals surface area contributed by atoms with E-state index in [1.807, 2.05) is 6.92 Å². The van der Waals surface area contributed by atoms with Crippen molar-refractivity contribution in [3.63, 3.8) is 0 Å². The van der Waals surface area contributed by atoms with Crippen molar-refractivity contribution in [3.8, 4) is 6.07 Å². The van der Waals surface area contributed by atoms with Gasteiger partial charge in [-0.05, 0) is 12.5 Å². The van der Waals surface area contributed by atoms with Gasteiger partial charge in [-0.1, -0.05) is 29.8 Å². The summed E-state index contributed by atoms with van der Waals surface area (Å²) >= 11 is 0. The number of nitriles is 1. The monoisotopic (exact) mass is 311 g/mol. The molecule has 1 N–H and O–H groups in total. The molecule has 0 spiro atoms. The fourth-order valence-corrected chi connectivity index (χ4v) is 2.08. The molecule has 0 aromatic heterocycles. The standard InChI is InChI=1S/C14H12F3N3O2/c1-9-2-4-10(5-3-9)11-8-13(22,14(15,16)17)20(19-11)12(21)6-7-18/h2-5,22H,6,8H2,1H3/t13-/m1/s1. The molecular weight excluding hydrogens is 299 g/mol. The zero-order valence-corrected chi connectivity index (χ0v) is 11.6. The molecule has 0 saturated heterocycles. The van der Waals surface area contributed by atoms with E-state index in [0.29, 0.717) is 5.56 Å². The Bertz CT molecular complexity index is 661. The summed E-state index contributed by atoms with van der Waals surface area (Å²) in [4.78, 5) is 11.7. The largest absolute Gasteiger partial charge is 0.438 e. The van der Waals surface area contributed by atoms with Crippen molar-refractivity contribution in [1.82, 2.24) is 5.01 Å². The van der Waals surface area contributed by atoms with Crippen molar-refractivity contribution < 1.29 is 23.1 Å². The molecule has 0 bridgehead atoms. The highest BCUT2D eigenvalue weighted by Gasteiger charge is 2.63. The topological polar surface area (TPSA) is 76.7 Å². The molecule has 0 radical (unpaired) electrons. The molecule has 1 aromatic rings. The van der Waals surface area contributed by atoms with Gasteiger partial charge in [-0.25, -0.2) is 0 Å². The van der Waals surface area contributed by atoms with E-state index in [0.717, 1.165) is 5.56 Å². The molecule has 2 rings (SSSR count). The molecule has 1 aliphatic rings. The minimum Gasteiger partial charge on any atom is -0.362 e. The molecule has 1 atom stereocenters. The Morgan fingerprint density at radius 3 is 2.55 bits per heavy atom. The van der Waals surface area contributed by atoms with Crippen molar-refractivity contribution in [2.75, 3.05) is 0 Å². The van der Waals surface area contributed by atoms with Crippen LogP contribution in [0.4, 0.5) is 13.2 Å². The van der Waals surface area contributed by atoms with Gasteiger partial charge in [0.1, 0.15) is 6.42 Å². The Hall–Kier alpha value is -2.40. The first-order valence-corrected chi connectivity index (χ1v) is 6.32. The van der Waals surface area contributed by atoms with Crippen LogP contribution in [0.3, 0.4) is 0 Å². The van der Waals surface area contributed by atoms with Gasteiger partial charge in [0.15, 0.2) is 0 Å². The molecule has 0 aliphatic carbocycles. The number of carbonyl (C=O) groups is 1. The number of amides is 1. The third-order valence-corrected chi connectivity index (χ3v) is 3.29. The second-order valence-corrected chi connectivity index (χ2v) is 4.94. The Morgan fingerprint density at radius 2 is 2.05 bits per heavy atom. The van der Waals surface area contributed by atoms with Gasteiger partial charge in [-0.15, -0.1) is 0 Å². The Labute approximate surface area is 124 Å². The van der Waals surface area contributed by atoms with E-state index in [9.17, 15) is 23.1 Å². The van der Waals surface area contributed by atoms with Crippen LogP contribution >= 0.6 is 0 Å². The first-order chi connectivity index (χ1) is 10.2. The van der Waals surface area contributed by atoms with Crippen molar-refractivity contribution in [3.05, 3.63) is 35.4 Å². The third-order valence-electron chi connectivity index (χ3n) is 3.29. The normalized spacial score (nSPS) is 21.5. The number of carbonyl (C=O) groups excluding carboxylic acids is 1. The molecular formula is C14H12F3N3O2. The van der Waals surface area contributed by atoms with Gasteiger partial charge >= 0.3 is 6.18 Å². The lowest BCUT2D eigenvalue weighted by molar-refractivity contribution is -0.302. The summed E-state index contributed by atoms with van der Waals surface area (Å²) < 4.78 is 39.4. The van der Waals surface area contributed by atoms with Crippen LogP contribution in [-0.2, 0) is 4.79 Å². The number of aryl methyl sites for hydroxylation is 1. The molecule has 8 heteroatoms. The van der Waals surface area contributed by atoms with Crippen LogP contribution in [0.1, 0.15) is 24.0 Å². The Kier molecular flexibility index (Phi) is 3.94. The van der Waals surface area contributed by atoms with Crippen molar-refractivity contribution in [2.45, 2.75) is 31.7 Å². The highest BCUT2D eigenvalue weighted by atomic mass is 19.4. The number of rotatable bonds is 2. The average molecular weight is 311 g/mol. The highest BCUT2D eigenvalue weighted by Crippen LogP contribution is 2.41. The number of nitrogens with zero attached hydrogens (tertiary/aromatic N) is 3. The average Bonchev–Trinajstić information content (AvgIpc) is 2.79. The molecule has 116 valence electrons. The van der Waals surface area contributed by atoms with Gasteiger partial charge in [0.05, 0.1) is 18.2 Å². The molecule has 1 amide bonds. The van der Waals surface area contributed by atoms with Gasteiger partial charge in [0.2, 0.25) is 0 Å². The lowest BCUT2D eigenvalue weighted by Crippen LogP contribution is -2.56. The fourth-order valence-electron chi connectivity index (χ4n) is 2.08. The van der Waals surface area contributed by atoms with E-state index in [1.165, 1.54) is 6.07 Å². The van der Waals surface area contributed by atoms with E-state index in [1.54, 1.807) is 24.3 Å². The molecule has 0 saturated carbocycles. The van der Waals surface area contributed by atoms with Crippen LogP contribution in [0.2, 0.25) is 0 Å². The van der Waals surface area contributed by atoms with Gasteiger partial charge in [0.25, 0.3) is 11.6 Å². The van der Waals surface area contributed by atoms with Gasteiger partial charge < -0.3 is 5.11 Å². The van der Waals surface area contributed by atoms with Crippen LogP contribution < -0.4 is 0 Å².